The highest BCUT2D eigenvalue weighted by molar-refractivity contribution is 6.09. The Kier molecular flexibility index (Phi) is 5.86. The fraction of sp³-hybridized carbons (Fsp3) is 0.135. The lowest BCUT2D eigenvalue weighted by Gasteiger charge is -2.19. The first kappa shape index (κ1) is 25.0. The number of benzene rings is 5. The topological polar surface area (TPSA) is 35.6 Å². The van der Waals surface area contributed by atoms with Crippen molar-refractivity contribution in [3.05, 3.63) is 132 Å². The summed E-state index contributed by atoms with van der Waals surface area (Å²) in [5.41, 5.74) is 9.22. The Hall–Kier alpha value is -4.96. The number of aromatic nitrogens is 4. The van der Waals surface area contributed by atoms with Crippen LogP contribution in [0.2, 0.25) is 0 Å². The van der Waals surface area contributed by atoms with E-state index < -0.39 is 0 Å². The first-order valence-electron chi connectivity index (χ1n) is 14.1. The average molecular weight is 533 g/mol. The van der Waals surface area contributed by atoms with Gasteiger partial charge in [-0.1, -0.05) is 99.1 Å². The maximum Gasteiger partial charge on any atom is 0.182 e. The molecule has 0 radical (unpaired) electrons. The molecule has 0 unspecified atom stereocenters. The third kappa shape index (κ3) is 4.42. The van der Waals surface area contributed by atoms with Crippen LogP contribution in [0.15, 0.2) is 121 Å². The van der Waals surface area contributed by atoms with Gasteiger partial charge in [-0.25, -0.2) is 9.67 Å². The van der Waals surface area contributed by atoms with Crippen molar-refractivity contribution in [3.8, 4) is 34.2 Å². The van der Waals surface area contributed by atoms with Gasteiger partial charge in [0, 0.05) is 27.6 Å². The lowest BCUT2D eigenvalue weighted by molar-refractivity contribution is 0.591. The number of rotatable bonds is 4. The van der Waals surface area contributed by atoms with Crippen LogP contribution in [0.1, 0.15) is 31.9 Å². The Labute approximate surface area is 240 Å². The van der Waals surface area contributed by atoms with Gasteiger partial charge in [-0.3, -0.25) is 0 Å². The summed E-state index contributed by atoms with van der Waals surface area (Å²) in [5, 5.41) is 7.53. The molecule has 0 saturated carbocycles. The van der Waals surface area contributed by atoms with Gasteiger partial charge in [0.05, 0.1) is 16.7 Å². The monoisotopic (exact) mass is 532 g/mol. The fourth-order valence-electron chi connectivity index (χ4n) is 5.60. The average Bonchev–Trinajstić information content (AvgIpc) is 3.57. The Morgan fingerprint density at radius 2 is 1.17 bits per heavy atom. The molecule has 0 aliphatic heterocycles. The van der Waals surface area contributed by atoms with Crippen molar-refractivity contribution in [3.63, 3.8) is 0 Å². The van der Waals surface area contributed by atoms with Gasteiger partial charge in [0.15, 0.2) is 11.6 Å². The molecule has 41 heavy (non-hydrogen) atoms. The maximum atomic E-state index is 4.96. The first-order chi connectivity index (χ1) is 19.9. The third-order valence-electron chi connectivity index (χ3n) is 7.81. The Bertz CT molecular complexity index is 2010. The number of hydrogen-bond donors (Lipinski definition) is 0. The SMILES string of the molecule is Cc1ccc2c(c1)c1cc(C(C)(C)C)ccc1n2-c1ccc(-n2nc(-c3ccccc3)nc2-c2ccccc2)cc1. The second-order valence-electron chi connectivity index (χ2n) is 11.8. The van der Waals surface area contributed by atoms with Gasteiger partial charge in [-0.15, -0.1) is 5.10 Å². The van der Waals surface area contributed by atoms with Gasteiger partial charge < -0.3 is 4.57 Å². The zero-order valence-electron chi connectivity index (χ0n) is 23.8. The van der Waals surface area contributed by atoms with E-state index in [9.17, 15) is 0 Å². The van der Waals surface area contributed by atoms with Crippen LogP contribution in [-0.2, 0) is 5.41 Å². The summed E-state index contributed by atoms with van der Waals surface area (Å²) in [5.74, 6) is 1.53. The van der Waals surface area contributed by atoms with E-state index in [1.807, 2.05) is 53.2 Å². The second kappa shape index (κ2) is 9.60. The molecule has 0 fully saturated rings. The summed E-state index contributed by atoms with van der Waals surface area (Å²) < 4.78 is 4.32. The van der Waals surface area contributed by atoms with Crippen molar-refractivity contribution in [1.29, 1.82) is 0 Å². The van der Waals surface area contributed by atoms with E-state index in [0.29, 0.717) is 5.82 Å². The van der Waals surface area contributed by atoms with E-state index in [4.69, 9.17) is 10.1 Å². The molecule has 7 rings (SSSR count). The van der Waals surface area contributed by atoms with Gasteiger partial charge >= 0.3 is 0 Å². The van der Waals surface area contributed by atoms with Crippen LogP contribution in [0.5, 0.6) is 0 Å². The summed E-state index contributed by atoms with van der Waals surface area (Å²) in [6.45, 7) is 8.98. The summed E-state index contributed by atoms with van der Waals surface area (Å²) in [6.07, 6.45) is 0. The van der Waals surface area contributed by atoms with Gasteiger partial charge in [0.1, 0.15) is 0 Å². The second-order valence-corrected chi connectivity index (χ2v) is 11.8. The molecule has 2 aromatic heterocycles. The minimum absolute atomic E-state index is 0.0843. The molecule has 0 N–H and O–H groups in total. The summed E-state index contributed by atoms with van der Waals surface area (Å²) >= 11 is 0. The molecular weight excluding hydrogens is 500 g/mol. The first-order valence-corrected chi connectivity index (χ1v) is 14.1. The number of nitrogens with zero attached hydrogens (tertiary/aromatic N) is 4. The van der Waals surface area contributed by atoms with Crippen molar-refractivity contribution in [1.82, 2.24) is 19.3 Å². The summed E-state index contributed by atoms with van der Waals surface area (Å²) in [4.78, 5) is 4.96. The molecule has 0 spiro atoms. The van der Waals surface area contributed by atoms with Gasteiger partial charge in [-0.2, -0.15) is 0 Å². The van der Waals surface area contributed by atoms with Crippen LogP contribution in [0.4, 0.5) is 0 Å². The zero-order chi connectivity index (χ0) is 28.1. The Balaban J connectivity index is 1.38. The van der Waals surface area contributed by atoms with Crippen LogP contribution in [0.25, 0.3) is 56.0 Å². The van der Waals surface area contributed by atoms with Crippen molar-refractivity contribution in [2.24, 2.45) is 0 Å². The molecule has 0 aliphatic carbocycles. The molecule has 7 aromatic rings. The van der Waals surface area contributed by atoms with Gasteiger partial charge in [0.25, 0.3) is 0 Å². The number of aryl methyl sites for hydroxylation is 1. The van der Waals surface area contributed by atoms with Crippen molar-refractivity contribution in [2.45, 2.75) is 33.1 Å². The fourth-order valence-corrected chi connectivity index (χ4v) is 5.60. The highest BCUT2D eigenvalue weighted by Crippen LogP contribution is 2.36. The summed E-state index contributed by atoms with van der Waals surface area (Å²) in [7, 11) is 0. The third-order valence-corrected chi connectivity index (χ3v) is 7.81. The number of hydrogen-bond acceptors (Lipinski definition) is 2. The van der Waals surface area contributed by atoms with Crippen LogP contribution in [0.3, 0.4) is 0 Å². The molecule has 0 saturated heterocycles. The lowest BCUT2D eigenvalue weighted by atomic mass is 9.86. The van der Waals surface area contributed by atoms with Crippen molar-refractivity contribution in [2.75, 3.05) is 0 Å². The van der Waals surface area contributed by atoms with E-state index >= 15 is 0 Å². The summed E-state index contributed by atoms with van der Waals surface area (Å²) in [6, 6.07) is 42.7. The molecule has 200 valence electrons. The molecule has 5 aromatic carbocycles. The van der Waals surface area contributed by atoms with E-state index in [1.54, 1.807) is 0 Å². The standard InChI is InChI=1S/C37H32N4/c1-25-15-21-33-31(23-25)32-24-28(37(2,3)4)16-22-34(32)40(33)29-17-19-30(20-18-29)41-36(27-13-9-6-10-14-27)38-35(39-41)26-11-7-5-8-12-26/h5-24H,1-4H3. The molecule has 0 bridgehead atoms. The molecular formula is C37H32N4. The van der Waals surface area contributed by atoms with Crippen molar-refractivity contribution < 1.29 is 0 Å². The van der Waals surface area contributed by atoms with Gasteiger partial charge in [0.2, 0.25) is 0 Å². The van der Waals surface area contributed by atoms with Crippen molar-refractivity contribution >= 4 is 21.8 Å². The number of fused-ring (bicyclic) bond motifs is 3. The predicted molar refractivity (Wildman–Crippen MR) is 170 cm³/mol. The van der Waals surface area contributed by atoms with Crippen LogP contribution in [-0.4, -0.2) is 19.3 Å². The molecule has 0 amide bonds. The molecule has 0 aliphatic rings. The van der Waals surface area contributed by atoms with E-state index in [2.05, 4.69) is 105 Å². The van der Waals surface area contributed by atoms with E-state index in [-0.39, 0.29) is 5.41 Å². The highest BCUT2D eigenvalue weighted by atomic mass is 15.4. The van der Waals surface area contributed by atoms with Crippen LogP contribution < -0.4 is 0 Å². The predicted octanol–water partition coefficient (Wildman–Crippen LogP) is 9.30. The zero-order valence-corrected chi connectivity index (χ0v) is 23.8. The Morgan fingerprint density at radius 1 is 0.585 bits per heavy atom. The van der Waals surface area contributed by atoms with Gasteiger partial charge in [-0.05, 0) is 66.4 Å². The molecule has 0 atom stereocenters. The molecule has 4 heteroatoms. The minimum Gasteiger partial charge on any atom is -0.309 e. The largest absolute Gasteiger partial charge is 0.309 e. The smallest absolute Gasteiger partial charge is 0.182 e. The molecule has 4 nitrogen and oxygen atoms in total. The van der Waals surface area contributed by atoms with E-state index in [1.165, 1.54) is 32.9 Å². The quantitative estimate of drug-likeness (QED) is 0.226. The Morgan fingerprint density at radius 3 is 1.83 bits per heavy atom. The normalized spacial score (nSPS) is 11.9. The minimum atomic E-state index is 0.0843. The highest BCUT2D eigenvalue weighted by Gasteiger charge is 2.19. The van der Waals surface area contributed by atoms with Crippen LogP contribution >= 0.6 is 0 Å². The lowest BCUT2D eigenvalue weighted by Crippen LogP contribution is -2.10. The maximum absolute atomic E-state index is 4.96. The van der Waals surface area contributed by atoms with Crippen LogP contribution in [0, 0.1) is 6.92 Å². The van der Waals surface area contributed by atoms with E-state index in [0.717, 1.165) is 28.3 Å². The molecule has 2 heterocycles.